The number of aromatic nitrogens is 5. The highest BCUT2D eigenvalue weighted by Gasteiger charge is 2.29. The second kappa shape index (κ2) is 4.03. The first-order valence-corrected chi connectivity index (χ1v) is 6.74. The zero-order valence-corrected chi connectivity index (χ0v) is 10.8. The van der Waals surface area contributed by atoms with Crippen LogP contribution < -0.4 is 5.32 Å². The van der Waals surface area contributed by atoms with Crippen LogP contribution in [0, 0.1) is 5.92 Å². The van der Waals surface area contributed by atoms with E-state index in [0.29, 0.717) is 11.8 Å². The average Bonchev–Trinajstić information content (AvgIpc) is 3.15. The van der Waals surface area contributed by atoms with Gasteiger partial charge in [0.05, 0.1) is 12.5 Å². The van der Waals surface area contributed by atoms with Gasteiger partial charge in [-0.15, -0.1) is 0 Å². The molecule has 0 aliphatic carbocycles. The highest BCUT2D eigenvalue weighted by Crippen LogP contribution is 2.31. The molecule has 6 nitrogen and oxygen atoms in total. The minimum Gasteiger partial charge on any atom is -0.328 e. The molecule has 0 bridgehead atoms. The first kappa shape index (κ1) is 10.9. The molecular weight excluding hydrogens is 240 g/mol. The van der Waals surface area contributed by atoms with Gasteiger partial charge in [0.25, 0.3) is 0 Å². The van der Waals surface area contributed by atoms with Gasteiger partial charge in [0.2, 0.25) is 0 Å². The number of hydrogen-bond acceptors (Lipinski definition) is 4. The predicted molar refractivity (Wildman–Crippen MR) is 72.0 cm³/mol. The van der Waals surface area contributed by atoms with Gasteiger partial charge < -0.3 is 10.3 Å². The van der Waals surface area contributed by atoms with Gasteiger partial charge >= 0.3 is 0 Å². The van der Waals surface area contributed by atoms with Gasteiger partial charge in [-0.3, -0.25) is 4.40 Å². The monoisotopic (exact) mass is 256 g/mol. The number of aromatic amines is 1. The SMILES string of the molecule is CCC1CNCC1c1cnc2cnc3[nH]cnc3n12. The van der Waals surface area contributed by atoms with Crippen LogP contribution in [0.25, 0.3) is 16.9 Å². The fourth-order valence-electron chi connectivity index (χ4n) is 3.13. The Kier molecular flexibility index (Phi) is 2.32. The van der Waals surface area contributed by atoms with E-state index in [1.54, 1.807) is 12.5 Å². The molecule has 0 saturated carbocycles. The normalized spacial score (nSPS) is 23.6. The van der Waals surface area contributed by atoms with Gasteiger partial charge in [0.15, 0.2) is 16.9 Å². The standard InChI is InChI=1S/C13H16N6/c1-2-8-3-14-4-9(8)10-5-15-11-6-16-12-13(19(10)11)18-7-17-12/h5-9,14H,2-4H2,1H3,(H,17,18). The molecule has 1 aliphatic heterocycles. The molecule has 1 fully saturated rings. The molecule has 6 heteroatoms. The molecule has 2 atom stereocenters. The molecule has 19 heavy (non-hydrogen) atoms. The molecule has 3 aromatic heterocycles. The number of hydrogen-bond donors (Lipinski definition) is 2. The summed E-state index contributed by atoms with van der Waals surface area (Å²) in [5.41, 5.74) is 3.79. The Morgan fingerprint density at radius 1 is 1.26 bits per heavy atom. The van der Waals surface area contributed by atoms with Gasteiger partial charge in [-0.25, -0.2) is 15.0 Å². The van der Waals surface area contributed by atoms with E-state index in [4.69, 9.17) is 0 Å². The zero-order chi connectivity index (χ0) is 12.8. The van der Waals surface area contributed by atoms with Crippen LogP contribution in [0.15, 0.2) is 18.7 Å². The Labute approximate surface area is 110 Å². The molecule has 3 aromatic rings. The number of fused-ring (bicyclic) bond motifs is 3. The Bertz CT molecular complexity index is 727. The van der Waals surface area contributed by atoms with Crippen molar-refractivity contribution >= 4 is 16.9 Å². The van der Waals surface area contributed by atoms with E-state index < -0.39 is 0 Å². The van der Waals surface area contributed by atoms with Crippen LogP contribution in [-0.4, -0.2) is 37.4 Å². The summed E-state index contributed by atoms with van der Waals surface area (Å²) in [5.74, 6) is 1.17. The second-order valence-electron chi connectivity index (χ2n) is 5.14. The Morgan fingerprint density at radius 2 is 2.21 bits per heavy atom. The molecule has 1 aliphatic rings. The van der Waals surface area contributed by atoms with Crippen molar-refractivity contribution in [3.05, 3.63) is 24.4 Å². The number of rotatable bonds is 2. The van der Waals surface area contributed by atoms with Crippen molar-refractivity contribution < 1.29 is 0 Å². The number of imidazole rings is 2. The van der Waals surface area contributed by atoms with Crippen molar-refractivity contribution in [1.29, 1.82) is 0 Å². The zero-order valence-electron chi connectivity index (χ0n) is 10.8. The fourth-order valence-corrected chi connectivity index (χ4v) is 3.13. The molecule has 0 radical (unpaired) electrons. The van der Waals surface area contributed by atoms with Crippen LogP contribution in [0.2, 0.25) is 0 Å². The lowest BCUT2D eigenvalue weighted by Crippen LogP contribution is -2.12. The highest BCUT2D eigenvalue weighted by molar-refractivity contribution is 5.69. The van der Waals surface area contributed by atoms with Gasteiger partial charge in [0.1, 0.15) is 0 Å². The maximum Gasteiger partial charge on any atom is 0.183 e. The summed E-state index contributed by atoms with van der Waals surface area (Å²) in [6.07, 6.45) is 6.64. The maximum atomic E-state index is 4.48. The third kappa shape index (κ3) is 1.49. The van der Waals surface area contributed by atoms with Crippen molar-refractivity contribution in [1.82, 2.24) is 29.7 Å². The molecular formula is C13H16N6. The molecule has 4 heterocycles. The lowest BCUT2D eigenvalue weighted by atomic mass is 9.91. The van der Waals surface area contributed by atoms with Crippen LogP contribution in [-0.2, 0) is 0 Å². The van der Waals surface area contributed by atoms with Crippen molar-refractivity contribution in [3.63, 3.8) is 0 Å². The smallest absolute Gasteiger partial charge is 0.183 e. The minimum absolute atomic E-state index is 0.502. The summed E-state index contributed by atoms with van der Waals surface area (Å²) in [7, 11) is 0. The molecule has 4 rings (SSSR count). The molecule has 1 saturated heterocycles. The van der Waals surface area contributed by atoms with Gasteiger partial charge in [-0.05, 0) is 12.5 Å². The summed E-state index contributed by atoms with van der Waals surface area (Å²) < 4.78 is 2.14. The third-order valence-electron chi connectivity index (χ3n) is 4.18. The molecule has 0 amide bonds. The highest BCUT2D eigenvalue weighted by atomic mass is 15.1. The van der Waals surface area contributed by atoms with Crippen LogP contribution in [0.5, 0.6) is 0 Å². The summed E-state index contributed by atoms with van der Waals surface area (Å²) in [4.78, 5) is 16.3. The predicted octanol–water partition coefficient (Wildman–Crippen LogP) is 1.32. The number of nitrogens with one attached hydrogen (secondary N) is 2. The van der Waals surface area contributed by atoms with E-state index in [1.165, 1.54) is 12.1 Å². The van der Waals surface area contributed by atoms with Crippen molar-refractivity contribution in [2.24, 2.45) is 5.92 Å². The van der Waals surface area contributed by atoms with Gasteiger partial charge in [0, 0.05) is 24.4 Å². The van der Waals surface area contributed by atoms with E-state index in [1.807, 2.05) is 6.20 Å². The van der Waals surface area contributed by atoms with Crippen LogP contribution in [0.3, 0.4) is 0 Å². The largest absolute Gasteiger partial charge is 0.328 e. The first-order valence-electron chi connectivity index (χ1n) is 6.74. The Balaban J connectivity index is 1.96. The molecule has 0 aromatic carbocycles. The number of nitrogens with zero attached hydrogens (tertiary/aromatic N) is 4. The van der Waals surface area contributed by atoms with E-state index in [0.717, 1.165) is 30.0 Å². The van der Waals surface area contributed by atoms with Crippen LogP contribution in [0.4, 0.5) is 0 Å². The van der Waals surface area contributed by atoms with E-state index >= 15 is 0 Å². The van der Waals surface area contributed by atoms with Crippen LogP contribution >= 0.6 is 0 Å². The summed E-state index contributed by atoms with van der Waals surface area (Å²) >= 11 is 0. The summed E-state index contributed by atoms with van der Waals surface area (Å²) in [6, 6.07) is 0. The van der Waals surface area contributed by atoms with Crippen molar-refractivity contribution in [2.75, 3.05) is 13.1 Å². The third-order valence-corrected chi connectivity index (χ3v) is 4.18. The molecule has 2 N–H and O–H groups in total. The lowest BCUT2D eigenvalue weighted by Gasteiger charge is -2.16. The molecule has 2 unspecified atom stereocenters. The van der Waals surface area contributed by atoms with Crippen molar-refractivity contribution in [2.45, 2.75) is 19.3 Å². The lowest BCUT2D eigenvalue weighted by molar-refractivity contribution is 0.493. The average molecular weight is 256 g/mol. The summed E-state index contributed by atoms with van der Waals surface area (Å²) in [6.45, 7) is 4.35. The van der Waals surface area contributed by atoms with Gasteiger partial charge in [-0.2, -0.15) is 0 Å². The number of H-pyrrole nitrogens is 1. The minimum atomic E-state index is 0.502. The Hall–Kier alpha value is -1.95. The summed E-state index contributed by atoms with van der Waals surface area (Å²) in [5, 5.41) is 3.48. The second-order valence-corrected chi connectivity index (χ2v) is 5.14. The maximum absolute atomic E-state index is 4.48. The van der Waals surface area contributed by atoms with E-state index in [-0.39, 0.29) is 0 Å². The van der Waals surface area contributed by atoms with Crippen LogP contribution in [0.1, 0.15) is 25.0 Å². The topological polar surface area (TPSA) is 70.9 Å². The van der Waals surface area contributed by atoms with Gasteiger partial charge in [-0.1, -0.05) is 13.3 Å². The quantitative estimate of drug-likeness (QED) is 0.725. The van der Waals surface area contributed by atoms with E-state index in [9.17, 15) is 0 Å². The Morgan fingerprint density at radius 3 is 3.11 bits per heavy atom. The van der Waals surface area contributed by atoms with Crippen molar-refractivity contribution in [3.8, 4) is 0 Å². The fraction of sp³-hybridized carbons (Fsp3) is 0.462. The van der Waals surface area contributed by atoms with E-state index in [2.05, 4.69) is 36.6 Å². The molecule has 98 valence electrons. The first-order chi connectivity index (χ1) is 9.38. The molecule has 0 spiro atoms.